The second kappa shape index (κ2) is 6.22. The van der Waals surface area contributed by atoms with Gasteiger partial charge < -0.3 is 5.11 Å². The SMILES string of the molecule is Cn1ccc(CNS(=O)(=O)c2cc(Br)cc(CO)c2F)n1. The smallest absolute Gasteiger partial charge is 0.243 e. The van der Waals surface area contributed by atoms with Gasteiger partial charge in [-0.1, -0.05) is 15.9 Å². The first-order valence-corrected chi connectivity index (χ1v) is 8.18. The summed E-state index contributed by atoms with van der Waals surface area (Å²) in [6, 6.07) is 4.13. The molecule has 2 rings (SSSR count). The van der Waals surface area contributed by atoms with E-state index in [2.05, 4.69) is 25.8 Å². The quantitative estimate of drug-likeness (QED) is 0.822. The van der Waals surface area contributed by atoms with Crippen LogP contribution in [0.2, 0.25) is 0 Å². The Kier molecular flexibility index (Phi) is 4.77. The molecule has 0 aliphatic heterocycles. The molecule has 0 aliphatic carbocycles. The molecule has 1 heterocycles. The van der Waals surface area contributed by atoms with Crippen LogP contribution in [0.15, 0.2) is 33.8 Å². The average molecular weight is 378 g/mol. The molecule has 1 aromatic heterocycles. The summed E-state index contributed by atoms with van der Waals surface area (Å²) in [7, 11) is -2.34. The highest BCUT2D eigenvalue weighted by Gasteiger charge is 2.22. The first kappa shape index (κ1) is 16.1. The standard InChI is InChI=1S/C12H13BrFN3O3S/c1-17-3-2-10(16-17)6-15-21(19,20)11-5-9(13)4-8(7-18)12(11)14/h2-5,15,18H,6-7H2,1H3. The first-order chi connectivity index (χ1) is 9.83. The zero-order valence-corrected chi connectivity index (χ0v) is 13.4. The van der Waals surface area contributed by atoms with Crippen LogP contribution in [-0.4, -0.2) is 23.3 Å². The number of hydrogen-bond acceptors (Lipinski definition) is 4. The number of aliphatic hydroxyl groups excluding tert-OH is 1. The minimum Gasteiger partial charge on any atom is -0.392 e. The van der Waals surface area contributed by atoms with Crippen LogP contribution in [0.25, 0.3) is 0 Å². The largest absolute Gasteiger partial charge is 0.392 e. The van der Waals surface area contributed by atoms with Crippen molar-refractivity contribution >= 4 is 26.0 Å². The van der Waals surface area contributed by atoms with Crippen molar-refractivity contribution in [3.63, 3.8) is 0 Å². The van der Waals surface area contributed by atoms with Gasteiger partial charge in [0.15, 0.2) is 0 Å². The molecule has 0 amide bonds. The molecule has 0 bridgehead atoms. The molecule has 0 saturated carbocycles. The van der Waals surface area contributed by atoms with Crippen molar-refractivity contribution in [2.75, 3.05) is 0 Å². The van der Waals surface area contributed by atoms with E-state index < -0.39 is 27.3 Å². The summed E-state index contributed by atoms with van der Waals surface area (Å²) in [5, 5.41) is 13.1. The van der Waals surface area contributed by atoms with Crippen molar-refractivity contribution in [3.8, 4) is 0 Å². The fraction of sp³-hybridized carbons (Fsp3) is 0.250. The van der Waals surface area contributed by atoms with Crippen LogP contribution >= 0.6 is 15.9 Å². The van der Waals surface area contributed by atoms with E-state index in [-0.39, 0.29) is 12.1 Å². The maximum atomic E-state index is 14.1. The Balaban J connectivity index is 2.29. The number of aryl methyl sites for hydroxylation is 1. The van der Waals surface area contributed by atoms with Gasteiger partial charge in [0.05, 0.1) is 18.8 Å². The fourth-order valence-corrected chi connectivity index (χ4v) is 3.53. The summed E-state index contributed by atoms with van der Waals surface area (Å²) >= 11 is 3.09. The van der Waals surface area contributed by atoms with Gasteiger partial charge in [0, 0.05) is 23.3 Å². The Hall–Kier alpha value is -1.29. The van der Waals surface area contributed by atoms with Crippen LogP contribution in [-0.2, 0) is 30.2 Å². The normalized spacial score (nSPS) is 11.8. The van der Waals surface area contributed by atoms with Crippen LogP contribution in [0.3, 0.4) is 0 Å². The van der Waals surface area contributed by atoms with Crippen molar-refractivity contribution in [1.29, 1.82) is 0 Å². The zero-order chi connectivity index (χ0) is 15.6. The van der Waals surface area contributed by atoms with Gasteiger partial charge in [0.2, 0.25) is 10.0 Å². The summed E-state index contributed by atoms with van der Waals surface area (Å²) in [6.07, 6.45) is 1.67. The molecule has 0 atom stereocenters. The Morgan fingerprint density at radius 2 is 2.19 bits per heavy atom. The predicted octanol–water partition coefficient (Wildman–Crippen LogP) is 1.29. The molecule has 6 nitrogen and oxygen atoms in total. The number of nitrogens with zero attached hydrogens (tertiary/aromatic N) is 2. The lowest BCUT2D eigenvalue weighted by atomic mass is 10.2. The Bertz CT molecular complexity index is 761. The second-order valence-corrected chi connectivity index (χ2v) is 6.99. The summed E-state index contributed by atoms with van der Waals surface area (Å²) in [5.41, 5.74) is 0.418. The molecule has 0 radical (unpaired) electrons. The molecule has 0 saturated heterocycles. The molecule has 114 valence electrons. The summed E-state index contributed by atoms with van der Waals surface area (Å²) in [6.45, 7) is -0.641. The van der Waals surface area contributed by atoms with Gasteiger partial charge in [-0.15, -0.1) is 0 Å². The van der Waals surface area contributed by atoms with Crippen molar-refractivity contribution in [1.82, 2.24) is 14.5 Å². The van der Waals surface area contributed by atoms with Gasteiger partial charge in [-0.3, -0.25) is 4.68 Å². The van der Waals surface area contributed by atoms with E-state index in [9.17, 15) is 12.8 Å². The lowest BCUT2D eigenvalue weighted by Crippen LogP contribution is -2.25. The number of aromatic nitrogens is 2. The van der Waals surface area contributed by atoms with Gasteiger partial charge in [0.1, 0.15) is 10.7 Å². The van der Waals surface area contributed by atoms with Crippen LogP contribution < -0.4 is 4.72 Å². The van der Waals surface area contributed by atoms with Crippen LogP contribution in [0.1, 0.15) is 11.3 Å². The third-order valence-corrected chi connectivity index (χ3v) is 4.61. The number of aliphatic hydroxyl groups is 1. The number of nitrogens with one attached hydrogen (secondary N) is 1. The second-order valence-electron chi connectivity index (χ2n) is 4.34. The Labute approximate surface area is 129 Å². The molecule has 0 spiro atoms. The van der Waals surface area contributed by atoms with Crippen molar-refractivity contribution in [3.05, 3.63) is 45.9 Å². The van der Waals surface area contributed by atoms with Crippen molar-refractivity contribution in [2.45, 2.75) is 18.0 Å². The number of benzene rings is 1. The molecular formula is C12H13BrFN3O3S. The monoisotopic (exact) mass is 377 g/mol. The number of hydrogen-bond donors (Lipinski definition) is 2. The third-order valence-electron chi connectivity index (χ3n) is 2.75. The molecule has 0 unspecified atom stereocenters. The van der Waals surface area contributed by atoms with E-state index >= 15 is 0 Å². The fourth-order valence-electron chi connectivity index (χ4n) is 1.73. The minimum atomic E-state index is -4.05. The lowest BCUT2D eigenvalue weighted by molar-refractivity contribution is 0.274. The topological polar surface area (TPSA) is 84.2 Å². The highest BCUT2D eigenvalue weighted by molar-refractivity contribution is 9.10. The summed E-state index contributed by atoms with van der Waals surface area (Å²) in [5.74, 6) is -0.964. The molecule has 1 aromatic carbocycles. The van der Waals surface area contributed by atoms with Gasteiger partial charge >= 0.3 is 0 Å². The van der Waals surface area contributed by atoms with E-state index in [1.54, 1.807) is 19.3 Å². The van der Waals surface area contributed by atoms with E-state index in [0.717, 1.165) is 6.07 Å². The minimum absolute atomic E-state index is 0.0520. The molecule has 0 fully saturated rings. The van der Waals surface area contributed by atoms with Crippen LogP contribution in [0, 0.1) is 5.82 Å². The number of halogens is 2. The maximum Gasteiger partial charge on any atom is 0.243 e. The van der Waals surface area contributed by atoms with E-state index in [0.29, 0.717) is 10.2 Å². The maximum absolute atomic E-state index is 14.1. The summed E-state index contributed by atoms with van der Waals surface area (Å²) in [4.78, 5) is -0.517. The lowest BCUT2D eigenvalue weighted by Gasteiger charge is -2.10. The molecule has 0 aliphatic rings. The van der Waals surface area contributed by atoms with Gasteiger partial charge in [0.25, 0.3) is 0 Å². The number of sulfonamides is 1. The van der Waals surface area contributed by atoms with Crippen LogP contribution in [0.4, 0.5) is 4.39 Å². The highest BCUT2D eigenvalue weighted by Crippen LogP contribution is 2.24. The van der Waals surface area contributed by atoms with Crippen LogP contribution in [0.5, 0.6) is 0 Å². The molecule has 21 heavy (non-hydrogen) atoms. The van der Waals surface area contributed by atoms with Gasteiger partial charge in [-0.25, -0.2) is 17.5 Å². The number of rotatable bonds is 5. The van der Waals surface area contributed by atoms with Crippen molar-refractivity contribution < 1.29 is 17.9 Å². The van der Waals surface area contributed by atoms with Crippen molar-refractivity contribution in [2.24, 2.45) is 7.05 Å². The first-order valence-electron chi connectivity index (χ1n) is 5.90. The molecule has 2 aromatic rings. The average Bonchev–Trinajstić information content (AvgIpc) is 2.84. The zero-order valence-electron chi connectivity index (χ0n) is 11.0. The highest BCUT2D eigenvalue weighted by atomic mass is 79.9. The summed E-state index contributed by atoms with van der Waals surface area (Å²) < 4.78 is 42.6. The van der Waals surface area contributed by atoms with Gasteiger partial charge in [-0.05, 0) is 18.2 Å². The van der Waals surface area contributed by atoms with Gasteiger partial charge in [-0.2, -0.15) is 5.10 Å². The molecule has 9 heteroatoms. The molecular weight excluding hydrogens is 365 g/mol. The Morgan fingerprint density at radius 1 is 1.48 bits per heavy atom. The molecule has 2 N–H and O–H groups in total. The van der Waals surface area contributed by atoms with E-state index in [1.165, 1.54) is 10.7 Å². The van der Waals surface area contributed by atoms with E-state index in [4.69, 9.17) is 5.11 Å². The third kappa shape index (κ3) is 3.67. The predicted molar refractivity (Wildman–Crippen MR) is 77.3 cm³/mol. The van der Waals surface area contributed by atoms with E-state index in [1.807, 2.05) is 0 Å². The Morgan fingerprint density at radius 3 is 2.76 bits per heavy atom.